The van der Waals surface area contributed by atoms with Crippen LogP contribution in [0.25, 0.3) is 0 Å². The van der Waals surface area contributed by atoms with Gasteiger partial charge in [-0.15, -0.1) is 0 Å². The van der Waals surface area contributed by atoms with Gasteiger partial charge < -0.3 is 19.3 Å². The van der Waals surface area contributed by atoms with Crippen LogP contribution in [0.5, 0.6) is 0 Å². The summed E-state index contributed by atoms with van der Waals surface area (Å²) in [5.74, 6) is -1.33. The Hall–Kier alpha value is -1.25. The molecule has 7 nitrogen and oxygen atoms in total. The van der Waals surface area contributed by atoms with Crippen molar-refractivity contribution in [2.24, 2.45) is 0 Å². The number of carbonyl (C=O) groups is 2. The number of ether oxygens (including phenoxy) is 3. The van der Waals surface area contributed by atoms with E-state index in [-0.39, 0.29) is 35.0 Å². The number of hydrogen-bond donors (Lipinski definition) is 1. The zero-order valence-corrected chi connectivity index (χ0v) is 10.1. The van der Waals surface area contributed by atoms with E-state index in [9.17, 15) is 9.59 Å². The summed E-state index contributed by atoms with van der Waals surface area (Å²) in [5.41, 5.74) is -0.0631. The monoisotopic (exact) mass is 273 g/mol. The van der Waals surface area contributed by atoms with Crippen LogP contribution in [0.1, 0.15) is 6.42 Å². The molecule has 0 unspecified atom stereocenters. The fraction of sp³-hybridized carbons (Fsp3) is 0.600. The number of nitrogens with zero attached hydrogens (tertiary/aromatic N) is 1. The Bertz CT molecular complexity index is 430. The molecular weight excluding hydrogens is 262 g/mol. The molecule has 2 saturated heterocycles. The Balaban J connectivity index is 1.77. The van der Waals surface area contributed by atoms with Crippen LogP contribution >= 0.6 is 11.8 Å². The van der Waals surface area contributed by atoms with E-state index >= 15 is 0 Å². The first-order chi connectivity index (χ1) is 8.66. The molecule has 1 amide bonds. The Morgan fingerprint density at radius 2 is 2.17 bits per heavy atom. The van der Waals surface area contributed by atoms with Crippen molar-refractivity contribution in [1.29, 1.82) is 0 Å². The second-order valence-corrected chi connectivity index (χ2v) is 5.23. The molecule has 1 N–H and O–H groups in total. The minimum absolute atomic E-state index is 0.0631. The number of fused-ring (bicyclic) bond motifs is 1. The Morgan fingerprint density at radius 1 is 1.44 bits per heavy atom. The smallest absolute Gasteiger partial charge is 0.357 e. The maximum absolute atomic E-state index is 11.4. The molecule has 0 spiro atoms. The third-order valence-corrected chi connectivity index (χ3v) is 3.99. The van der Waals surface area contributed by atoms with Crippen LogP contribution in [-0.4, -0.2) is 53.4 Å². The molecule has 0 aliphatic carbocycles. The molecule has 0 aromatic carbocycles. The fourth-order valence-electron chi connectivity index (χ4n) is 1.99. The Labute approximate surface area is 107 Å². The molecule has 98 valence electrons. The van der Waals surface area contributed by atoms with Crippen molar-refractivity contribution in [3.63, 3.8) is 0 Å². The zero-order valence-electron chi connectivity index (χ0n) is 9.33. The summed E-state index contributed by atoms with van der Waals surface area (Å²) in [6, 6.07) is 0. The second kappa shape index (κ2) is 4.45. The largest absolute Gasteiger partial charge is 0.477 e. The van der Waals surface area contributed by atoms with Crippen molar-refractivity contribution < 1.29 is 28.9 Å². The lowest BCUT2D eigenvalue weighted by molar-refractivity contribution is -0.156. The van der Waals surface area contributed by atoms with Gasteiger partial charge in [0.25, 0.3) is 0 Å². The third kappa shape index (κ3) is 1.86. The van der Waals surface area contributed by atoms with Gasteiger partial charge in [0.2, 0.25) is 5.91 Å². The second-order valence-electron chi connectivity index (χ2n) is 4.08. The first kappa shape index (κ1) is 11.8. The maximum atomic E-state index is 11.4. The molecule has 2 fully saturated rings. The van der Waals surface area contributed by atoms with Gasteiger partial charge in [0.1, 0.15) is 12.9 Å². The van der Waals surface area contributed by atoms with Gasteiger partial charge in [-0.05, 0) is 0 Å². The van der Waals surface area contributed by atoms with Gasteiger partial charge in [-0.3, -0.25) is 9.69 Å². The minimum atomic E-state index is -1.15. The number of carboxylic acid groups (broad SMARTS) is 1. The molecule has 3 heterocycles. The van der Waals surface area contributed by atoms with E-state index in [2.05, 4.69) is 0 Å². The zero-order chi connectivity index (χ0) is 12.7. The highest BCUT2D eigenvalue weighted by Gasteiger charge is 2.50. The summed E-state index contributed by atoms with van der Waals surface area (Å²) < 4.78 is 15.7. The Morgan fingerprint density at radius 3 is 2.78 bits per heavy atom. The van der Waals surface area contributed by atoms with Gasteiger partial charge in [0, 0.05) is 0 Å². The standard InChI is InChI=1S/C10H11NO6S/c12-6-1-7-11(6)8(9(13)14)10(18-7)17-5-2-15-4-16-3-5/h5,7H,1-4H2,(H,13,14)/t7-/m1/s1. The molecule has 3 aliphatic rings. The molecule has 0 aromatic rings. The van der Waals surface area contributed by atoms with E-state index in [1.54, 1.807) is 0 Å². The molecule has 3 rings (SSSR count). The summed E-state index contributed by atoms with van der Waals surface area (Å²) >= 11 is 1.26. The summed E-state index contributed by atoms with van der Waals surface area (Å²) in [7, 11) is 0. The van der Waals surface area contributed by atoms with Crippen LogP contribution in [0.15, 0.2) is 10.8 Å². The number of β-lactam (4-membered cyclic amide) rings is 1. The average molecular weight is 273 g/mol. The molecule has 0 aromatic heterocycles. The summed E-state index contributed by atoms with van der Waals surface area (Å²) in [5, 5.41) is 9.29. The average Bonchev–Trinajstić information content (AvgIpc) is 2.63. The fourth-order valence-corrected chi connectivity index (χ4v) is 3.28. The highest BCUT2D eigenvalue weighted by atomic mass is 32.2. The SMILES string of the molecule is O=C(O)C1=C(OC2COCOC2)S[C@@H]2CC(=O)N12. The minimum Gasteiger partial charge on any atom is -0.477 e. The lowest BCUT2D eigenvalue weighted by Gasteiger charge is -2.33. The molecule has 0 radical (unpaired) electrons. The summed E-state index contributed by atoms with van der Waals surface area (Å²) in [4.78, 5) is 23.8. The van der Waals surface area contributed by atoms with E-state index < -0.39 is 5.97 Å². The van der Waals surface area contributed by atoms with E-state index in [4.69, 9.17) is 19.3 Å². The molecule has 18 heavy (non-hydrogen) atoms. The number of carboxylic acids is 1. The van der Waals surface area contributed by atoms with E-state index in [0.29, 0.717) is 19.6 Å². The van der Waals surface area contributed by atoms with Gasteiger partial charge in [-0.2, -0.15) is 0 Å². The lowest BCUT2D eigenvalue weighted by atomic mass is 10.2. The van der Waals surface area contributed by atoms with Crippen molar-refractivity contribution >= 4 is 23.6 Å². The van der Waals surface area contributed by atoms with Crippen LogP contribution in [0, 0.1) is 0 Å². The molecule has 0 saturated carbocycles. The summed E-state index contributed by atoms with van der Waals surface area (Å²) in [6.45, 7) is 0.941. The van der Waals surface area contributed by atoms with Crippen molar-refractivity contribution in [2.75, 3.05) is 20.0 Å². The van der Waals surface area contributed by atoms with E-state index in [0.717, 1.165) is 0 Å². The number of rotatable bonds is 3. The maximum Gasteiger partial charge on any atom is 0.357 e. The highest BCUT2D eigenvalue weighted by Crippen LogP contribution is 2.46. The predicted molar refractivity (Wildman–Crippen MR) is 59.1 cm³/mol. The quantitative estimate of drug-likeness (QED) is 0.721. The van der Waals surface area contributed by atoms with Gasteiger partial charge in [-0.25, -0.2) is 4.79 Å². The highest BCUT2D eigenvalue weighted by molar-refractivity contribution is 8.03. The third-order valence-electron chi connectivity index (χ3n) is 2.83. The van der Waals surface area contributed by atoms with Crippen LogP contribution < -0.4 is 0 Å². The predicted octanol–water partition coefficient (Wildman–Crippen LogP) is -0.0652. The Kier molecular flexibility index (Phi) is 2.92. The van der Waals surface area contributed by atoms with Gasteiger partial charge in [0.05, 0.1) is 25.0 Å². The van der Waals surface area contributed by atoms with E-state index in [1.807, 2.05) is 0 Å². The van der Waals surface area contributed by atoms with Gasteiger partial charge >= 0.3 is 5.97 Å². The number of carbonyl (C=O) groups excluding carboxylic acids is 1. The normalized spacial score (nSPS) is 28.1. The van der Waals surface area contributed by atoms with Crippen LogP contribution in [0.4, 0.5) is 0 Å². The molecule has 8 heteroatoms. The number of thioether (sulfide) groups is 1. The molecular formula is C10H11NO6S. The van der Waals surface area contributed by atoms with Crippen LogP contribution in [0.3, 0.4) is 0 Å². The van der Waals surface area contributed by atoms with Gasteiger partial charge in [0.15, 0.2) is 10.8 Å². The number of aliphatic carboxylic acids is 1. The molecule has 1 atom stereocenters. The molecule has 3 aliphatic heterocycles. The van der Waals surface area contributed by atoms with Crippen molar-refractivity contribution in [3.8, 4) is 0 Å². The van der Waals surface area contributed by atoms with Gasteiger partial charge in [-0.1, -0.05) is 11.8 Å². The molecule has 0 bridgehead atoms. The number of hydrogen-bond acceptors (Lipinski definition) is 6. The first-order valence-corrected chi connectivity index (χ1v) is 6.33. The van der Waals surface area contributed by atoms with Crippen LogP contribution in [0.2, 0.25) is 0 Å². The van der Waals surface area contributed by atoms with Crippen molar-refractivity contribution in [2.45, 2.75) is 17.9 Å². The van der Waals surface area contributed by atoms with E-state index in [1.165, 1.54) is 16.7 Å². The summed E-state index contributed by atoms with van der Waals surface area (Å²) in [6.07, 6.45) is 0.0239. The topological polar surface area (TPSA) is 85.3 Å². The number of amides is 1. The van der Waals surface area contributed by atoms with Crippen molar-refractivity contribution in [3.05, 3.63) is 10.8 Å². The van der Waals surface area contributed by atoms with Crippen LogP contribution in [-0.2, 0) is 23.8 Å². The lowest BCUT2D eigenvalue weighted by Crippen LogP contribution is -2.48. The first-order valence-electron chi connectivity index (χ1n) is 5.45. The van der Waals surface area contributed by atoms with Crippen molar-refractivity contribution in [1.82, 2.24) is 4.90 Å².